The van der Waals surface area contributed by atoms with Gasteiger partial charge < -0.3 is 15.8 Å². The van der Waals surface area contributed by atoms with E-state index in [0.717, 1.165) is 25.9 Å². The van der Waals surface area contributed by atoms with Crippen LogP contribution in [0.4, 0.5) is 0 Å². The maximum Gasteiger partial charge on any atom is 0.221 e. The van der Waals surface area contributed by atoms with Crippen LogP contribution in [0.15, 0.2) is 0 Å². The number of piperidine rings is 1. The molecule has 3 N–H and O–H groups in total. The van der Waals surface area contributed by atoms with E-state index >= 15 is 0 Å². The van der Waals surface area contributed by atoms with Crippen molar-refractivity contribution in [3.63, 3.8) is 0 Å². The summed E-state index contributed by atoms with van der Waals surface area (Å²) >= 11 is 0. The molecule has 1 aliphatic heterocycles. The van der Waals surface area contributed by atoms with Crippen LogP contribution in [-0.4, -0.2) is 56.2 Å². The summed E-state index contributed by atoms with van der Waals surface area (Å²) in [5.41, 5.74) is 5.76. The van der Waals surface area contributed by atoms with Crippen molar-refractivity contribution >= 4 is 5.91 Å². The summed E-state index contributed by atoms with van der Waals surface area (Å²) in [6.07, 6.45) is 2.93. The van der Waals surface area contributed by atoms with Gasteiger partial charge in [0.25, 0.3) is 0 Å². The lowest BCUT2D eigenvalue weighted by Crippen LogP contribution is -2.48. The Bertz CT molecular complexity index is 228. The number of hydrogen-bond acceptors (Lipinski definition) is 4. The number of hydrogen-bond donors (Lipinski definition) is 2. The molecule has 17 heavy (non-hydrogen) atoms. The number of nitrogens with zero attached hydrogens (tertiary/aromatic N) is 1. The van der Waals surface area contributed by atoms with Crippen molar-refractivity contribution < 1.29 is 9.53 Å². The van der Waals surface area contributed by atoms with Gasteiger partial charge in [-0.05, 0) is 19.8 Å². The molecule has 5 heteroatoms. The van der Waals surface area contributed by atoms with Crippen molar-refractivity contribution in [2.75, 3.05) is 33.3 Å². The normalized spacial score (nSPS) is 20.2. The van der Waals surface area contributed by atoms with Crippen molar-refractivity contribution in [1.82, 2.24) is 10.2 Å². The van der Waals surface area contributed by atoms with Crippen molar-refractivity contribution in [2.24, 2.45) is 5.73 Å². The number of nitrogens with two attached hydrogens (primary N) is 1. The molecule has 1 atom stereocenters. The van der Waals surface area contributed by atoms with Gasteiger partial charge in [0.2, 0.25) is 5.91 Å². The predicted octanol–water partition coefficient (Wildman–Crippen LogP) is -0.0493. The zero-order chi connectivity index (χ0) is 12.7. The number of amides is 1. The summed E-state index contributed by atoms with van der Waals surface area (Å²) in [4.78, 5) is 13.9. The fraction of sp³-hybridized carbons (Fsp3) is 0.917. The SMILES string of the molecule is CCNC(=O)CC(CN)N1CCC(OC)CC1. The minimum atomic E-state index is 0.0943. The Hall–Kier alpha value is -0.650. The fourth-order valence-corrected chi connectivity index (χ4v) is 2.32. The quantitative estimate of drug-likeness (QED) is 0.686. The molecule has 100 valence electrons. The van der Waals surface area contributed by atoms with E-state index in [2.05, 4.69) is 10.2 Å². The van der Waals surface area contributed by atoms with Gasteiger partial charge in [-0.15, -0.1) is 0 Å². The Morgan fingerprint density at radius 2 is 2.18 bits per heavy atom. The third kappa shape index (κ3) is 4.61. The van der Waals surface area contributed by atoms with E-state index in [1.165, 1.54) is 0 Å². The van der Waals surface area contributed by atoms with E-state index < -0.39 is 0 Å². The van der Waals surface area contributed by atoms with Crippen molar-refractivity contribution in [1.29, 1.82) is 0 Å². The topological polar surface area (TPSA) is 67.6 Å². The third-order valence-corrected chi connectivity index (χ3v) is 3.39. The molecule has 0 aromatic rings. The highest BCUT2D eigenvalue weighted by Crippen LogP contribution is 2.16. The van der Waals surface area contributed by atoms with Gasteiger partial charge in [0.15, 0.2) is 0 Å². The second-order valence-electron chi connectivity index (χ2n) is 4.52. The van der Waals surface area contributed by atoms with Gasteiger partial charge in [-0.2, -0.15) is 0 Å². The summed E-state index contributed by atoms with van der Waals surface area (Å²) in [5, 5.41) is 2.82. The molecule has 0 aromatic heterocycles. The van der Waals surface area contributed by atoms with Crippen LogP contribution < -0.4 is 11.1 Å². The highest BCUT2D eigenvalue weighted by molar-refractivity contribution is 5.76. The molecular weight excluding hydrogens is 218 g/mol. The Morgan fingerprint density at radius 1 is 1.53 bits per heavy atom. The third-order valence-electron chi connectivity index (χ3n) is 3.39. The summed E-state index contributed by atoms with van der Waals surface area (Å²) < 4.78 is 5.34. The molecule has 0 saturated carbocycles. The first-order valence-electron chi connectivity index (χ1n) is 6.44. The van der Waals surface area contributed by atoms with E-state index in [1.807, 2.05) is 6.92 Å². The van der Waals surface area contributed by atoms with Crippen LogP contribution in [0, 0.1) is 0 Å². The number of nitrogens with one attached hydrogen (secondary N) is 1. The number of carbonyl (C=O) groups excluding carboxylic acids is 1. The van der Waals surface area contributed by atoms with E-state index in [0.29, 0.717) is 25.6 Å². The lowest BCUT2D eigenvalue weighted by molar-refractivity contribution is -0.122. The zero-order valence-electron chi connectivity index (χ0n) is 10.9. The van der Waals surface area contributed by atoms with Crippen LogP contribution in [-0.2, 0) is 9.53 Å². The van der Waals surface area contributed by atoms with E-state index in [4.69, 9.17) is 10.5 Å². The predicted molar refractivity (Wildman–Crippen MR) is 67.7 cm³/mol. The average Bonchev–Trinajstić information content (AvgIpc) is 2.36. The molecule has 0 spiro atoms. The van der Waals surface area contributed by atoms with Gasteiger partial charge in [-0.1, -0.05) is 0 Å². The minimum absolute atomic E-state index is 0.0943. The standard InChI is InChI=1S/C12H25N3O2/c1-3-14-12(16)8-10(9-13)15-6-4-11(17-2)5-7-15/h10-11H,3-9,13H2,1-2H3,(H,14,16). The van der Waals surface area contributed by atoms with Gasteiger partial charge >= 0.3 is 0 Å². The molecular formula is C12H25N3O2. The van der Waals surface area contributed by atoms with Crippen LogP contribution in [0.3, 0.4) is 0 Å². The van der Waals surface area contributed by atoms with Crippen LogP contribution in [0.25, 0.3) is 0 Å². The number of carbonyl (C=O) groups is 1. The van der Waals surface area contributed by atoms with E-state index in [1.54, 1.807) is 7.11 Å². The smallest absolute Gasteiger partial charge is 0.221 e. The minimum Gasteiger partial charge on any atom is -0.381 e. The van der Waals surface area contributed by atoms with Crippen LogP contribution in [0.5, 0.6) is 0 Å². The highest BCUT2D eigenvalue weighted by atomic mass is 16.5. The maximum atomic E-state index is 11.6. The molecule has 0 aromatic carbocycles. The van der Waals surface area contributed by atoms with Gasteiger partial charge in [0.05, 0.1) is 6.10 Å². The van der Waals surface area contributed by atoms with Gasteiger partial charge in [-0.3, -0.25) is 9.69 Å². The van der Waals surface area contributed by atoms with Gasteiger partial charge in [-0.25, -0.2) is 0 Å². The summed E-state index contributed by atoms with van der Waals surface area (Å²) in [6, 6.07) is 0.166. The Morgan fingerprint density at radius 3 is 2.65 bits per heavy atom. The largest absolute Gasteiger partial charge is 0.381 e. The molecule has 1 saturated heterocycles. The number of rotatable bonds is 6. The number of methoxy groups -OCH3 is 1. The Balaban J connectivity index is 2.38. The zero-order valence-corrected chi connectivity index (χ0v) is 10.9. The molecule has 1 unspecified atom stereocenters. The molecule has 1 rings (SSSR count). The molecule has 1 amide bonds. The van der Waals surface area contributed by atoms with Gasteiger partial charge in [0, 0.05) is 45.8 Å². The molecule has 0 radical (unpaired) electrons. The van der Waals surface area contributed by atoms with Gasteiger partial charge in [0.1, 0.15) is 0 Å². The van der Waals surface area contributed by atoms with Crippen LogP contribution in [0.2, 0.25) is 0 Å². The summed E-state index contributed by atoms with van der Waals surface area (Å²) in [7, 11) is 1.76. The molecule has 1 heterocycles. The Labute approximate surface area is 104 Å². The molecule has 5 nitrogen and oxygen atoms in total. The first-order valence-corrected chi connectivity index (χ1v) is 6.44. The average molecular weight is 243 g/mol. The summed E-state index contributed by atoms with van der Waals surface area (Å²) in [6.45, 7) is 5.09. The lowest BCUT2D eigenvalue weighted by atomic mass is 10.0. The van der Waals surface area contributed by atoms with Crippen LogP contribution in [0.1, 0.15) is 26.2 Å². The summed E-state index contributed by atoms with van der Waals surface area (Å²) in [5.74, 6) is 0.0943. The van der Waals surface area contributed by atoms with Crippen molar-refractivity contribution in [2.45, 2.75) is 38.3 Å². The second kappa shape index (κ2) is 7.63. The first kappa shape index (κ1) is 14.4. The maximum absolute atomic E-state index is 11.6. The molecule has 1 fully saturated rings. The van der Waals surface area contributed by atoms with Crippen molar-refractivity contribution in [3.05, 3.63) is 0 Å². The van der Waals surface area contributed by atoms with E-state index in [-0.39, 0.29) is 11.9 Å². The monoisotopic (exact) mass is 243 g/mol. The molecule has 0 aliphatic carbocycles. The first-order chi connectivity index (χ1) is 8.21. The highest BCUT2D eigenvalue weighted by Gasteiger charge is 2.25. The number of likely N-dealkylation sites (tertiary alicyclic amines) is 1. The molecule has 0 bridgehead atoms. The number of ether oxygens (including phenoxy) is 1. The lowest BCUT2D eigenvalue weighted by Gasteiger charge is -2.36. The fourth-order valence-electron chi connectivity index (χ4n) is 2.32. The Kier molecular flexibility index (Phi) is 6.47. The van der Waals surface area contributed by atoms with Crippen LogP contribution >= 0.6 is 0 Å². The van der Waals surface area contributed by atoms with Crippen molar-refractivity contribution in [3.8, 4) is 0 Å². The van der Waals surface area contributed by atoms with E-state index in [9.17, 15) is 4.79 Å². The molecule has 1 aliphatic rings. The second-order valence-corrected chi connectivity index (χ2v) is 4.52.